The van der Waals surface area contributed by atoms with Crippen molar-refractivity contribution in [2.45, 2.75) is 6.92 Å². The maximum absolute atomic E-state index is 11.8. The van der Waals surface area contributed by atoms with Crippen LogP contribution >= 0.6 is 0 Å². The molecule has 1 aromatic carbocycles. The zero-order valence-corrected chi connectivity index (χ0v) is 14.4. The zero-order valence-electron chi connectivity index (χ0n) is 14.4. The number of benzene rings is 1. The Bertz CT molecular complexity index is 888. The van der Waals surface area contributed by atoms with Crippen molar-refractivity contribution < 1.29 is 9.72 Å². The number of nitrogens with zero attached hydrogens (tertiary/aromatic N) is 4. The number of nitrogens with one attached hydrogen (secondary N) is 2. The number of aromatic nitrogens is 2. The molecule has 0 bridgehead atoms. The van der Waals surface area contributed by atoms with Gasteiger partial charge in [-0.05, 0) is 6.07 Å². The van der Waals surface area contributed by atoms with Crippen LogP contribution in [0.5, 0.6) is 0 Å². The second kappa shape index (κ2) is 7.48. The van der Waals surface area contributed by atoms with E-state index in [1.807, 2.05) is 0 Å². The molecule has 10 heteroatoms. The number of aromatic amines is 1. The molecule has 1 aromatic heterocycles. The Hall–Kier alpha value is -3.01. The Morgan fingerprint density at radius 3 is 2.73 bits per heavy atom. The van der Waals surface area contributed by atoms with Crippen LogP contribution in [0.1, 0.15) is 6.92 Å². The Labute approximate surface area is 149 Å². The number of carbonyl (C=O) groups excluding carboxylic acids is 1. The van der Waals surface area contributed by atoms with E-state index in [1.165, 1.54) is 18.5 Å². The number of piperazine rings is 1. The Balaban J connectivity index is 1.67. The maximum atomic E-state index is 11.8. The molecule has 1 aliphatic rings. The lowest BCUT2D eigenvalue weighted by molar-refractivity contribution is -0.383. The first-order valence-electron chi connectivity index (χ1n) is 8.33. The summed E-state index contributed by atoms with van der Waals surface area (Å²) < 4.78 is 0. The van der Waals surface area contributed by atoms with Gasteiger partial charge in [0.2, 0.25) is 5.91 Å². The van der Waals surface area contributed by atoms with Crippen molar-refractivity contribution >= 4 is 28.2 Å². The number of rotatable bonds is 5. The number of anilines is 1. The molecule has 0 aliphatic carbocycles. The fraction of sp³-hybridized carbons (Fsp3) is 0.438. The van der Waals surface area contributed by atoms with E-state index in [9.17, 15) is 19.7 Å². The Morgan fingerprint density at radius 2 is 2.08 bits per heavy atom. The standard InChI is InChI=1S/C16H20N6O4/c1-11(23)21-6-4-20(5-7-21)3-2-17-14-9-13-12(8-15(14)22(25)26)16(24)19-10-18-13/h8-10,17H,2-7H2,1H3,(H,18,19,24). The molecule has 138 valence electrons. The highest BCUT2D eigenvalue weighted by atomic mass is 16.6. The number of nitro benzene ring substituents is 1. The van der Waals surface area contributed by atoms with E-state index in [1.54, 1.807) is 11.8 Å². The molecule has 2 N–H and O–H groups in total. The van der Waals surface area contributed by atoms with Crippen LogP contribution in [0.25, 0.3) is 10.9 Å². The summed E-state index contributed by atoms with van der Waals surface area (Å²) in [4.78, 5) is 44.4. The highest BCUT2D eigenvalue weighted by Crippen LogP contribution is 2.27. The van der Waals surface area contributed by atoms with E-state index >= 15 is 0 Å². The number of hydrogen-bond acceptors (Lipinski definition) is 7. The minimum atomic E-state index is -0.514. The molecule has 1 saturated heterocycles. The highest BCUT2D eigenvalue weighted by molar-refractivity contribution is 5.86. The van der Waals surface area contributed by atoms with E-state index in [0.29, 0.717) is 37.4 Å². The molecule has 0 radical (unpaired) electrons. The SMILES string of the molecule is CC(=O)N1CCN(CCNc2cc3nc[nH]c(=O)c3cc2[N+](=O)[O-])CC1. The molecule has 0 unspecified atom stereocenters. The van der Waals surface area contributed by atoms with Gasteiger partial charge in [-0.2, -0.15) is 0 Å². The van der Waals surface area contributed by atoms with E-state index in [-0.39, 0.29) is 17.0 Å². The monoisotopic (exact) mass is 360 g/mol. The van der Waals surface area contributed by atoms with Gasteiger partial charge in [-0.25, -0.2) is 4.98 Å². The third kappa shape index (κ3) is 3.80. The summed E-state index contributed by atoms with van der Waals surface area (Å²) in [6.45, 7) is 5.71. The van der Waals surface area contributed by atoms with Crippen molar-refractivity contribution in [3.8, 4) is 0 Å². The van der Waals surface area contributed by atoms with Gasteiger partial charge in [-0.15, -0.1) is 0 Å². The van der Waals surface area contributed by atoms with Crippen LogP contribution in [-0.2, 0) is 4.79 Å². The quantitative estimate of drug-likeness (QED) is 0.584. The first kappa shape index (κ1) is 17.8. The molecule has 2 aromatic rings. The normalized spacial score (nSPS) is 15.2. The molecular weight excluding hydrogens is 340 g/mol. The average molecular weight is 360 g/mol. The minimum Gasteiger partial charge on any atom is -0.378 e. The van der Waals surface area contributed by atoms with Crippen LogP contribution in [-0.4, -0.2) is 69.9 Å². The Morgan fingerprint density at radius 1 is 1.35 bits per heavy atom. The summed E-state index contributed by atoms with van der Waals surface area (Å²) in [5.41, 5.74) is 0.172. The third-order valence-electron chi connectivity index (χ3n) is 4.52. The van der Waals surface area contributed by atoms with E-state index in [2.05, 4.69) is 20.2 Å². The highest BCUT2D eigenvalue weighted by Gasteiger charge is 2.20. The van der Waals surface area contributed by atoms with Gasteiger partial charge in [0.25, 0.3) is 11.2 Å². The molecule has 0 spiro atoms. The summed E-state index contributed by atoms with van der Waals surface area (Å²) in [6, 6.07) is 2.77. The van der Waals surface area contributed by atoms with Gasteiger partial charge in [0, 0.05) is 52.3 Å². The van der Waals surface area contributed by atoms with E-state index in [0.717, 1.165) is 13.1 Å². The van der Waals surface area contributed by atoms with Crippen molar-refractivity contribution in [3.05, 3.63) is 38.9 Å². The first-order chi connectivity index (χ1) is 12.5. The van der Waals surface area contributed by atoms with Crippen molar-refractivity contribution in [2.24, 2.45) is 0 Å². The largest absolute Gasteiger partial charge is 0.378 e. The number of carbonyl (C=O) groups is 1. The second-order valence-electron chi connectivity index (χ2n) is 6.15. The molecule has 10 nitrogen and oxygen atoms in total. The zero-order chi connectivity index (χ0) is 18.7. The predicted molar refractivity (Wildman–Crippen MR) is 96.2 cm³/mol. The van der Waals surface area contributed by atoms with Crippen molar-refractivity contribution in [3.63, 3.8) is 0 Å². The lowest BCUT2D eigenvalue weighted by atomic mass is 10.2. The number of hydrogen-bond donors (Lipinski definition) is 2. The van der Waals surface area contributed by atoms with Gasteiger partial charge < -0.3 is 15.2 Å². The lowest BCUT2D eigenvalue weighted by Crippen LogP contribution is -2.49. The molecule has 2 heterocycles. The third-order valence-corrected chi connectivity index (χ3v) is 4.52. The van der Waals surface area contributed by atoms with Crippen molar-refractivity contribution in [2.75, 3.05) is 44.6 Å². The van der Waals surface area contributed by atoms with Gasteiger partial charge in [0.05, 0.1) is 22.2 Å². The number of amides is 1. The molecule has 0 saturated carbocycles. The minimum absolute atomic E-state index is 0.0806. The summed E-state index contributed by atoms with van der Waals surface area (Å²) in [5, 5.41) is 14.6. The molecule has 1 aliphatic heterocycles. The molecule has 3 rings (SSSR count). The predicted octanol–water partition coefficient (Wildman–Crippen LogP) is 0.407. The topological polar surface area (TPSA) is 124 Å². The van der Waals surface area contributed by atoms with Crippen LogP contribution in [0.2, 0.25) is 0 Å². The summed E-state index contributed by atoms with van der Waals surface area (Å²) in [6.07, 6.45) is 1.27. The van der Waals surface area contributed by atoms with Crippen molar-refractivity contribution in [1.82, 2.24) is 19.8 Å². The maximum Gasteiger partial charge on any atom is 0.293 e. The molecule has 26 heavy (non-hydrogen) atoms. The molecule has 0 atom stereocenters. The fourth-order valence-electron chi connectivity index (χ4n) is 3.03. The second-order valence-corrected chi connectivity index (χ2v) is 6.15. The number of nitro groups is 1. The fourth-order valence-corrected chi connectivity index (χ4v) is 3.03. The number of H-pyrrole nitrogens is 1. The number of fused-ring (bicyclic) bond motifs is 1. The molecule has 1 amide bonds. The van der Waals surface area contributed by atoms with Crippen LogP contribution in [0.4, 0.5) is 11.4 Å². The first-order valence-corrected chi connectivity index (χ1v) is 8.33. The lowest BCUT2D eigenvalue weighted by Gasteiger charge is -2.34. The van der Waals surface area contributed by atoms with E-state index < -0.39 is 10.5 Å². The van der Waals surface area contributed by atoms with Crippen LogP contribution in [0.3, 0.4) is 0 Å². The van der Waals surface area contributed by atoms with E-state index in [4.69, 9.17) is 0 Å². The Kier molecular flexibility index (Phi) is 5.12. The smallest absolute Gasteiger partial charge is 0.293 e. The van der Waals surface area contributed by atoms with Crippen LogP contribution in [0.15, 0.2) is 23.3 Å². The van der Waals surface area contributed by atoms with Crippen molar-refractivity contribution in [1.29, 1.82) is 0 Å². The summed E-state index contributed by atoms with van der Waals surface area (Å²) >= 11 is 0. The van der Waals surface area contributed by atoms with Gasteiger partial charge in [-0.1, -0.05) is 0 Å². The average Bonchev–Trinajstić information content (AvgIpc) is 2.62. The van der Waals surface area contributed by atoms with Crippen LogP contribution < -0.4 is 10.9 Å². The van der Waals surface area contributed by atoms with Crippen LogP contribution in [0, 0.1) is 10.1 Å². The summed E-state index contributed by atoms with van der Waals surface area (Å²) in [5.74, 6) is 0.0806. The summed E-state index contributed by atoms with van der Waals surface area (Å²) in [7, 11) is 0. The molecular formula is C16H20N6O4. The molecule has 1 fully saturated rings. The van der Waals surface area contributed by atoms with Gasteiger partial charge in [0.15, 0.2) is 0 Å². The van der Waals surface area contributed by atoms with Gasteiger partial charge in [0.1, 0.15) is 5.69 Å². The van der Waals surface area contributed by atoms with Gasteiger partial charge in [-0.3, -0.25) is 24.6 Å². The van der Waals surface area contributed by atoms with Gasteiger partial charge >= 0.3 is 0 Å².